The molecule has 10 heteroatoms. The highest BCUT2D eigenvalue weighted by Gasteiger charge is 2.37. The van der Waals surface area contributed by atoms with Crippen molar-refractivity contribution in [1.82, 2.24) is 5.32 Å². The van der Waals surface area contributed by atoms with Crippen LogP contribution >= 0.6 is 11.6 Å². The summed E-state index contributed by atoms with van der Waals surface area (Å²) in [4.78, 5) is 21.8. The molecule has 1 heterocycles. The molecule has 1 aliphatic heterocycles. The number of nitro benzene ring substituents is 1. The van der Waals surface area contributed by atoms with Gasteiger partial charge in [0.25, 0.3) is 5.69 Å². The van der Waals surface area contributed by atoms with Crippen LogP contribution in [0.15, 0.2) is 24.3 Å². The smallest absolute Gasteiger partial charge is 0.319 e. The lowest BCUT2D eigenvalue weighted by Gasteiger charge is -2.14. The van der Waals surface area contributed by atoms with E-state index in [0.29, 0.717) is 0 Å². The molecule has 1 fully saturated rings. The number of amides is 2. The number of alkyl halides is 1. The summed E-state index contributed by atoms with van der Waals surface area (Å²) >= 11 is 5.87. The molecule has 2 N–H and O–H groups in total. The predicted molar refractivity (Wildman–Crippen MR) is 77.3 cm³/mol. The summed E-state index contributed by atoms with van der Waals surface area (Å²) in [6, 6.07) is 4.05. The van der Waals surface area contributed by atoms with Gasteiger partial charge in [0, 0.05) is 17.8 Å². The maximum absolute atomic E-state index is 11.8. The quantitative estimate of drug-likeness (QED) is 0.488. The molecule has 1 aromatic rings. The molecule has 0 aromatic heterocycles. The molecule has 2 rings (SSSR count). The van der Waals surface area contributed by atoms with E-state index in [1.807, 2.05) is 0 Å². The first-order valence-corrected chi connectivity index (χ1v) is 8.19. The zero-order valence-corrected chi connectivity index (χ0v) is 12.2. The molecule has 0 bridgehead atoms. The van der Waals surface area contributed by atoms with E-state index in [0.717, 1.165) is 0 Å². The minimum atomic E-state index is -3.24. The molecule has 0 aliphatic carbocycles. The van der Waals surface area contributed by atoms with Crippen molar-refractivity contribution in [3.63, 3.8) is 0 Å². The van der Waals surface area contributed by atoms with Crippen LogP contribution in [-0.2, 0) is 9.84 Å². The number of carbonyl (C=O) groups excluding carboxylic acids is 1. The van der Waals surface area contributed by atoms with Crippen LogP contribution in [0.5, 0.6) is 0 Å². The van der Waals surface area contributed by atoms with Crippen LogP contribution in [0.3, 0.4) is 0 Å². The van der Waals surface area contributed by atoms with Crippen molar-refractivity contribution in [2.24, 2.45) is 0 Å². The van der Waals surface area contributed by atoms with Crippen LogP contribution in [0.2, 0.25) is 0 Å². The van der Waals surface area contributed by atoms with Crippen molar-refractivity contribution in [3.8, 4) is 0 Å². The highest BCUT2D eigenvalue weighted by atomic mass is 35.5. The van der Waals surface area contributed by atoms with Crippen molar-refractivity contribution >= 4 is 38.8 Å². The number of nitrogens with one attached hydrogen (secondary N) is 2. The molecule has 1 aliphatic rings. The molecule has 0 radical (unpaired) electrons. The van der Waals surface area contributed by atoms with Crippen molar-refractivity contribution < 1.29 is 18.1 Å². The van der Waals surface area contributed by atoms with Crippen molar-refractivity contribution in [2.45, 2.75) is 11.4 Å². The number of halogens is 1. The van der Waals surface area contributed by atoms with Gasteiger partial charge < -0.3 is 10.6 Å². The number of sulfone groups is 1. The Balaban J connectivity index is 1.99. The van der Waals surface area contributed by atoms with Crippen molar-refractivity contribution in [3.05, 3.63) is 34.4 Å². The molecular formula is C11H12ClN3O5S. The standard InChI is InChI=1S/C11H12ClN3O5S/c12-9-5-21(19,20)6-10(9)14-11(16)13-7-2-1-3-8(4-7)15(17)18/h1-4,9-10H,5-6H2,(H2,13,14,16)/t9-,10-/m0/s1. The van der Waals surface area contributed by atoms with Gasteiger partial charge in [-0.2, -0.15) is 0 Å². The molecule has 21 heavy (non-hydrogen) atoms. The summed E-state index contributed by atoms with van der Waals surface area (Å²) in [5.74, 6) is -0.403. The lowest BCUT2D eigenvalue weighted by molar-refractivity contribution is -0.384. The van der Waals surface area contributed by atoms with Crippen LogP contribution in [0.1, 0.15) is 0 Å². The normalized spacial score (nSPS) is 23.5. The van der Waals surface area contributed by atoms with Gasteiger partial charge in [-0.15, -0.1) is 11.6 Å². The summed E-state index contributed by atoms with van der Waals surface area (Å²) in [5, 5.41) is 14.8. The highest BCUT2D eigenvalue weighted by molar-refractivity contribution is 7.91. The Hall–Kier alpha value is -1.87. The van der Waals surface area contributed by atoms with Gasteiger partial charge in [0.2, 0.25) is 0 Å². The van der Waals surface area contributed by atoms with Crippen LogP contribution in [0.4, 0.5) is 16.2 Å². The van der Waals surface area contributed by atoms with E-state index >= 15 is 0 Å². The van der Waals surface area contributed by atoms with Crippen LogP contribution in [-0.4, -0.2) is 42.3 Å². The predicted octanol–water partition coefficient (Wildman–Crippen LogP) is 1.12. The summed E-state index contributed by atoms with van der Waals surface area (Å²) in [6.45, 7) is 0. The summed E-state index contributed by atoms with van der Waals surface area (Å²) in [6.07, 6.45) is 0. The number of anilines is 1. The molecule has 8 nitrogen and oxygen atoms in total. The largest absolute Gasteiger partial charge is 0.333 e. The Morgan fingerprint density at radius 2 is 2.10 bits per heavy atom. The molecule has 114 valence electrons. The van der Waals surface area contributed by atoms with E-state index in [-0.39, 0.29) is 22.9 Å². The second-order valence-corrected chi connectivity index (χ2v) is 7.32. The topological polar surface area (TPSA) is 118 Å². The number of hydrogen-bond acceptors (Lipinski definition) is 5. The van der Waals surface area contributed by atoms with Gasteiger partial charge in [0.1, 0.15) is 0 Å². The first kappa shape index (κ1) is 15.5. The number of hydrogen-bond donors (Lipinski definition) is 2. The van der Waals surface area contributed by atoms with E-state index < -0.39 is 32.2 Å². The van der Waals surface area contributed by atoms with E-state index in [1.54, 1.807) is 0 Å². The van der Waals surface area contributed by atoms with E-state index in [1.165, 1.54) is 24.3 Å². The average Bonchev–Trinajstić information content (AvgIpc) is 2.62. The van der Waals surface area contributed by atoms with Gasteiger partial charge in [-0.3, -0.25) is 10.1 Å². The summed E-state index contributed by atoms with van der Waals surface area (Å²) in [5.41, 5.74) is 0.0696. The first-order chi connectivity index (χ1) is 9.77. The van der Waals surface area contributed by atoms with E-state index in [4.69, 9.17) is 11.6 Å². The number of nitrogens with zero attached hydrogens (tertiary/aromatic N) is 1. The van der Waals surface area contributed by atoms with Crippen molar-refractivity contribution in [2.75, 3.05) is 16.8 Å². The van der Waals surface area contributed by atoms with Gasteiger partial charge in [-0.1, -0.05) is 6.07 Å². The lowest BCUT2D eigenvalue weighted by Crippen LogP contribution is -2.42. The Morgan fingerprint density at radius 1 is 1.38 bits per heavy atom. The molecule has 0 spiro atoms. The molecule has 2 atom stereocenters. The third-order valence-corrected chi connectivity index (χ3v) is 5.29. The second kappa shape index (κ2) is 5.86. The van der Waals surface area contributed by atoms with E-state index in [9.17, 15) is 23.3 Å². The Kier molecular flexibility index (Phi) is 4.33. The fraction of sp³-hybridized carbons (Fsp3) is 0.364. The molecule has 2 amide bonds. The third kappa shape index (κ3) is 4.05. The number of carbonyl (C=O) groups is 1. The minimum absolute atomic E-state index is 0.161. The highest BCUT2D eigenvalue weighted by Crippen LogP contribution is 2.19. The van der Waals surface area contributed by atoms with Crippen LogP contribution in [0.25, 0.3) is 0 Å². The second-order valence-electron chi connectivity index (χ2n) is 4.61. The fourth-order valence-electron chi connectivity index (χ4n) is 1.97. The van der Waals surface area contributed by atoms with Crippen LogP contribution in [0, 0.1) is 10.1 Å². The van der Waals surface area contributed by atoms with Gasteiger partial charge in [0.05, 0.1) is 27.8 Å². The Bertz CT molecular complexity index is 678. The lowest BCUT2D eigenvalue weighted by atomic mass is 10.2. The molecule has 0 unspecified atom stereocenters. The third-order valence-electron chi connectivity index (χ3n) is 2.91. The summed E-state index contributed by atoms with van der Waals surface area (Å²) < 4.78 is 22.8. The molecule has 0 saturated carbocycles. The van der Waals surface area contributed by atoms with Crippen LogP contribution < -0.4 is 10.6 Å². The molecular weight excluding hydrogens is 322 g/mol. The Morgan fingerprint density at radius 3 is 2.67 bits per heavy atom. The zero-order valence-electron chi connectivity index (χ0n) is 10.7. The number of non-ortho nitro benzene ring substituents is 1. The maximum Gasteiger partial charge on any atom is 0.319 e. The van der Waals surface area contributed by atoms with Gasteiger partial charge >= 0.3 is 6.03 Å². The maximum atomic E-state index is 11.8. The monoisotopic (exact) mass is 333 g/mol. The van der Waals surface area contributed by atoms with Gasteiger partial charge in [-0.25, -0.2) is 13.2 Å². The van der Waals surface area contributed by atoms with Crippen molar-refractivity contribution in [1.29, 1.82) is 0 Å². The fourth-order valence-corrected chi connectivity index (χ4v) is 4.52. The minimum Gasteiger partial charge on any atom is -0.333 e. The average molecular weight is 334 g/mol. The molecule has 1 aromatic carbocycles. The summed E-state index contributed by atoms with van der Waals surface area (Å²) in [7, 11) is -3.24. The Labute approximate surface area is 125 Å². The number of rotatable bonds is 3. The SMILES string of the molecule is O=C(Nc1cccc([N+](=O)[O-])c1)N[C@H]1CS(=O)(=O)C[C@@H]1Cl. The number of urea groups is 1. The van der Waals surface area contributed by atoms with Gasteiger partial charge in [-0.05, 0) is 6.07 Å². The van der Waals surface area contributed by atoms with Gasteiger partial charge in [0.15, 0.2) is 9.84 Å². The number of nitro groups is 1. The van der Waals surface area contributed by atoms with E-state index in [2.05, 4.69) is 10.6 Å². The zero-order chi connectivity index (χ0) is 15.6. The first-order valence-electron chi connectivity index (χ1n) is 5.93. The number of benzene rings is 1. The molecule has 1 saturated heterocycles.